The van der Waals surface area contributed by atoms with Gasteiger partial charge in [0.2, 0.25) is 0 Å². The minimum Gasteiger partial charge on any atom is -0.492 e. The van der Waals surface area contributed by atoms with Crippen LogP contribution < -0.4 is 4.74 Å². The summed E-state index contributed by atoms with van der Waals surface area (Å²) >= 11 is 6.15. The van der Waals surface area contributed by atoms with E-state index in [-0.39, 0.29) is 0 Å². The molecule has 3 rings (SSSR count). The first-order valence-electron chi connectivity index (χ1n) is 6.28. The molecule has 1 aromatic carbocycles. The summed E-state index contributed by atoms with van der Waals surface area (Å²) in [4.78, 5) is 11.2. The Bertz CT molecular complexity index is 490. The minimum absolute atomic E-state index is 0.515. The number of benzene rings is 1. The van der Waals surface area contributed by atoms with E-state index in [1.807, 2.05) is 6.07 Å². The van der Waals surface area contributed by atoms with E-state index >= 15 is 0 Å². The van der Waals surface area contributed by atoms with E-state index < -0.39 is 11.4 Å². The van der Waals surface area contributed by atoms with Crippen LogP contribution in [0.1, 0.15) is 31.2 Å². The van der Waals surface area contributed by atoms with Crippen LogP contribution in [0, 0.1) is 5.92 Å². The predicted octanol–water partition coefficient (Wildman–Crippen LogP) is 3.25. The standard InChI is InChI=1S/C14H15ClO3/c15-11-7-10(14(5-6-14)13(16)17)3-4-12(11)18-8-9-1-2-9/h3-4,7,9H,1-2,5-6,8H2,(H,16,17). The summed E-state index contributed by atoms with van der Waals surface area (Å²) < 4.78 is 5.63. The summed E-state index contributed by atoms with van der Waals surface area (Å²) in [5, 5.41) is 9.74. The lowest BCUT2D eigenvalue weighted by atomic mass is 9.96. The molecule has 4 heteroatoms. The Morgan fingerprint density at radius 3 is 2.67 bits per heavy atom. The van der Waals surface area contributed by atoms with Crippen LogP contribution in [0.5, 0.6) is 5.75 Å². The third-order valence-corrected chi connectivity index (χ3v) is 4.11. The molecule has 96 valence electrons. The summed E-state index contributed by atoms with van der Waals surface area (Å²) in [6.07, 6.45) is 3.86. The van der Waals surface area contributed by atoms with Gasteiger partial charge in [-0.1, -0.05) is 17.7 Å². The number of rotatable bonds is 5. The van der Waals surface area contributed by atoms with Crippen molar-refractivity contribution < 1.29 is 14.6 Å². The first-order valence-corrected chi connectivity index (χ1v) is 6.66. The molecule has 0 saturated heterocycles. The van der Waals surface area contributed by atoms with Crippen molar-refractivity contribution >= 4 is 17.6 Å². The summed E-state index contributed by atoms with van der Waals surface area (Å²) in [5.74, 6) is 0.577. The van der Waals surface area contributed by atoms with Gasteiger partial charge >= 0.3 is 5.97 Å². The average Bonchev–Trinajstić information content (AvgIpc) is 3.21. The highest BCUT2D eigenvalue weighted by Gasteiger charge is 2.51. The molecule has 0 atom stereocenters. The van der Waals surface area contributed by atoms with Crippen LogP contribution in [-0.2, 0) is 10.2 Å². The average molecular weight is 267 g/mol. The lowest BCUT2D eigenvalue weighted by molar-refractivity contribution is -0.140. The molecule has 1 N–H and O–H groups in total. The smallest absolute Gasteiger partial charge is 0.314 e. The maximum absolute atomic E-state index is 11.2. The van der Waals surface area contributed by atoms with Gasteiger partial charge < -0.3 is 9.84 Å². The van der Waals surface area contributed by atoms with Gasteiger partial charge in [-0.05, 0) is 49.3 Å². The zero-order chi connectivity index (χ0) is 12.8. The van der Waals surface area contributed by atoms with Crippen molar-refractivity contribution in [1.29, 1.82) is 0 Å². The molecule has 2 aliphatic carbocycles. The van der Waals surface area contributed by atoms with Crippen LogP contribution in [0.2, 0.25) is 5.02 Å². The Morgan fingerprint density at radius 2 is 2.17 bits per heavy atom. The zero-order valence-electron chi connectivity index (χ0n) is 9.99. The fourth-order valence-electron chi connectivity index (χ4n) is 2.16. The molecule has 0 aliphatic heterocycles. The van der Waals surface area contributed by atoms with Gasteiger partial charge in [0.25, 0.3) is 0 Å². The van der Waals surface area contributed by atoms with E-state index in [1.165, 1.54) is 12.8 Å². The van der Waals surface area contributed by atoms with Gasteiger partial charge in [0.15, 0.2) is 0 Å². The monoisotopic (exact) mass is 266 g/mol. The summed E-state index contributed by atoms with van der Waals surface area (Å²) in [7, 11) is 0. The first kappa shape index (κ1) is 11.8. The Kier molecular flexibility index (Phi) is 2.74. The molecule has 18 heavy (non-hydrogen) atoms. The van der Waals surface area contributed by atoms with Gasteiger partial charge in [-0.2, -0.15) is 0 Å². The highest BCUT2D eigenvalue weighted by atomic mass is 35.5. The lowest BCUT2D eigenvalue weighted by Crippen LogP contribution is -2.19. The Balaban J connectivity index is 1.77. The quantitative estimate of drug-likeness (QED) is 0.890. The molecule has 2 saturated carbocycles. The number of carboxylic acid groups (broad SMARTS) is 1. The van der Waals surface area contributed by atoms with E-state index in [2.05, 4.69) is 0 Å². The van der Waals surface area contributed by atoms with Crippen LogP contribution >= 0.6 is 11.6 Å². The van der Waals surface area contributed by atoms with Crippen LogP contribution in [0.4, 0.5) is 0 Å². The third kappa shape index (κ3) is 2.07. The largest absolute Gasteiger partial charge is 0.492 e. The molecule has 0 heterocycles. The highest BCUT2D eigenvalue weighted by Crippen LogP contribution is 2.49. The molecule has 0 amide bonds. The number of aliphatic carboxylic acids is 1. The number of carbonyl (C=O) groups is 1. The molecular weight excluding hydrogens is 252 g/mol. The van der Waals surface area contributed by atoms with E-state index in [9.17, 15) is 9.90 Å². The van der Waals surface area contributed by atoms with E-state index in [0.717, 1.165) is 5.56 Å². The zero-order valence-corrected chi connectivity index (χ0v) is 10.7. The minimum atomic E-state index is -0.759. The van der Waals surface area contributed by atoms with Crippen molar-refractivity contribution in [3.8, 4) is 5.75 Å². The first-order chi connectivity index (χ1) is 8.62. The number of hydrogen-bond acceptors (Lipinski definition) is 2. The van der Waals surface area contributed by atoms with Crippen molar-refractivity contribution in [2.75, 3.05) is 6.61 Å². The van der Waals surface area contributed by atoms with Crippen LogP contribution in [-0.4, -0.2) is 17.7 Å². The molecule has 2 aliphatic rings. The summed E-state index contributed by atoms with van der Waals surface area (Å²) in [6, 6.07) is 5.36. The second-order valence-corrected chi connectivity index (χ2v) is 5.69. The molecule has 2 fully saturated rings. The van der Waals surface area contributed by atoms with Crippen molar-refractivity contribution in [2.45, 2.75) is 31.1 Å². The van der Waals surface area contributed by atoms with Crippen molar-refractivity contribution in [1.82, 2.24) is 0 Å². The maximum atomic E-state index is 11.2. The Morgan fingerprint density at radius 1 is 1.44 bits per heavy atom. The predicted molar refractivity (Wildman–Crippen MR) is 68.2 cm³/mol. The van der Waals surface area contributed by atoms with Crippen molar-refractivity contribution in [2.24, 2.45) is 5.92 Å². The van der Waals surface area contributed by atoms with Gasteiger partial charge in [0.1, 0.15) is 5.75 Å². The fraction of sp³-hybridized carbons (Fsp3) is 0.500. The molecule has 0 unspecified atom stereocenters. The highest BCUT2D eigenvalue weighted by molar-refractivity contribution is 6.32. The Hall–Kier alpha value is -1.22. The van der Waals surface area contributed by atoms with Gasteiger partial charge in [-0.15, -0.1) is 0 Å². The summed E-state index contributed by atoms with van der Waals surface area (Å²) in [5.41, 5.74) is 0.0948. The number of carboxylic acids is 1. The summed E-state index contributed by atoms with van der Waals surface area (Å²) in [6.45, 7) is 0.711. The van der Waals surface area contributed by atoms with Crippen LogP contribution in [0.25, 0.3) is 0 Å². The van der Waals surface area contributed by atoms with E-state index in [1.54, 1.807) is 12.1 Å². The molecule has 1 aromatic rings. The molecule has 0 radical (unpaired) electrons. The van der Waals surface area contributed by atoms with Gasteiger partial charge in [0.05, 0.1) is 17.0 Å². The van der Waals surface area contributed by atoms with Crippen molar-refractivity contribution in [3.05, 3.63) is 28.8 Å². The third-order valence-electron chi connectivity index (χ3n) is 3.82. The number of hydrogen-bond donors (Lipinski definition) is 1. The van der Waals surface area contributed by atoms with Gasteiger partial charge in [-0.25, -0.2) is 0 Å². The number of ether oxygens (including phenoxy) is 1. The van der Waals surface area contributed by atoms with E-state index in [4.69, 9.17) is 16.3 Å². The van der Waals surface area contributed by atoms with Gasteiger partial charge in [-0.3, -0.25) is 4.79 Å². The van der Waals surface area contributed by atoms with Gasteiger partial charge in [0, 0.05) is 0 Å². The molecule has 0 aromatic heterocycles. The fourth-order valence-corrected chi connectivity index (χ4v) is 2.39. The maximum Gasteiger partial charge on any atom is 0.314 e. The molecule has 0 bridgehead atoms. The lowest BCUT2D eigenvalue weighted by Gasteiger charge is -2.13. The molecular formula is C14H15ClO3. The molecule has 0 spiro atoms. The second-order valence-electron chi connectivity index (χ2n) is 5.29. The topological polar surface area (TPSA) is 46.5 Å². The molecule has 3 nitrogen and oxygen atoms in total. The van der Waals surface area contributed by atoms with Crippen LogP contribution in [0.3, 0.4) is 0 Å². The SMILES string of the molecule is O=C(O)C1(c2ccc(OCC3CC3)c(Cl)c2)CC1. The van der Waals surface area contributed by atoms with Crippen LogP contribution in [0.15, 0.2) is 18.2 Å². The van der Waals surface area contributed by atoms with Crippen molar-refractivity contribution in [3.63, 3.8) is 0 Å². The normalized spacial score (nSPS) is 20.5. The Labute approximate surface area is 111 Å². The second kappa shape index (κ2) is 4.16. The number of halogens is 1. The van der Waals surface area contributed by atoms with E-state index in [0.29, 0.717) is 36.1 Å².